The number of hydrogen-bond donors (Lipinski definition) is 2. The number of nitrogens with one attached hydrogen (secondary N) is 2. The predicted molar refractivity (Wildman–Crippen MR) is 94.9 cm³/mol. The Labute approximate surface area is 132 Å². The molecule has 23 heavy (non-hydrogen) atoms. The lowest BCUT2D eigenvalue weighted by Crippen LogP contribution is -2.04. The van der Waals surface area contributed by atoms with Crippen LogP contribution in [0.15, 0.2) is 64.5 Å². The molecule has 2 heterocycles. The molecule has 0 unspecified atom stereocenters. The Morgan fingerprint density at radius 1 is 1.00 bits per heavy atom. The van der Waals surface area contributed by atoms with Gasteiger partial charge in [0, 0.05) is 34.2 Å². The van der Waals surface area contributed by atoms with Gasteiger partial charge < -0.3 is 9.97 Å². The van der Waals surface area contributed by atoms with E-state index in [-0.39, 0.29) is 5.56 Å². The molecule has 4 aromatic rings. The number of aryl methyl sites for hydroxylation is 1. The molecule has 0 atom stereocenters. The van der Waals surface area contributed by atoms with Crippen LogP contribution in [0.5, 0.6) is 0 Å². The van der Waals surface area contributed by atoms with Gasteiger partial charge in [0.2, 0.25) is 0 Å². The number of aromatic nitrogens is 2. The third kappa shape index (κ3) is 2.34. The Morgan fingerprint density at radius 2 is 1.78 bits per heavy atom. The molecular weight excluding hydrogens is 286 g/mol. The van der Waals surface area contributed by atoms with E-state index in [1.807, 2.05) is 61.7 Å². The molecule has 0 aliphatic carbocycles. The van der Waals surface area contributed by atoms with Gasteiger partial charge in [-0.2, -0.15) is 0 Å². The summed E-state index contributed by atoms with van der Waals surface area (Å²) in [6.07, 6.45) is 3.53. The van der Waals surface area contributed by atoms with Crippen LogP contribution in [0.1, 0.15) is 11.1 Å². The predicted octanol–water partition coefficient (Wildman–Crippen LogP) is 4.07. The third-order valence-electron chi connectivity index (χ3n) is 3.98. The monoisotopic (exact) mass is 301 g/mol. The molecular formula is C19H15N3O. The van der Waals surface area contributed by atoms with Crippen LogP contribution in [-0.2, 0) is 0 Å². The van der Waals surface area contributed by atoms with Crippen molar-refractivity contribution < 1.29 is 0 Å². The molecule has 0 bridgehead atoms. The van der Waals surface area contributed by atoms with Gasteiger partial charge in [-0.05, 0) is 37.3 Å². The van der Waals surface area contributed by atoms with Gasteiger partial charge in [-0.1, -0.05) is 23.8 Å². The molecule has 0 radical (unpaired) electrons. The van der Waals surface area contributed by atoms with E-state index in [1.54, 1.807) is 6.21 Å². The van der Waals surface area contributed by atoms with Gasteiger partial charge in [-0.25, -0.2) is 0 Å². The lowest BCUT2D eigenvalue weighted by Gasteiger charge is -2.00. The maximum absolute atomic E-state index is 12.3. The Bertz CT molecular complexity index is 1090. The van der Waals surface area contributed by atoms with Crippen LogP contribution in [0.2, 0.25) is 0 Å². The summed E-state index contributed by atoms with van der Waals surface area (Å²) >= 11 is 0. The SMILES string of the molecule is Cc1ccc(N=Cc2c(=O)[nH]c3ccc4[nH]cccc4c23)cc1. The molecule has 0 spiro atoms. The number of nitrogens with zero attached hydrogens (tertiary/aromatic N) is 1. The van der Waals surface area contributed by atoms with Crippen LogP contribution in [0.25, 0.3) is 21.8 Å². The van der Waals surface area contributed by atoms with Crippen molar-refractivity contribution in [3.63, 3.8) is 0 Å². The van der Waals surface area contributed by atoms with Crippen molar-refractivity contribution >= 4 is 33.7 Å². The van der Waals surface area contributed by atoms with E-state index in [0.717, 1.165) is 27.5 Å². The second-order valence-electron chi connectivity index (χ2n) is 5.58. The average molecular weight is 301 g/mol. The molecule has 4 nitrogen and oxygen atoms in total. The molecule has 112 valence electrons. The summed E-state index contributed by atoms with van der Waals surface area (Å²) in [6, 6.07) is 15.7. The Balaban J connectivity index is 1.92. The van der Waals surface area contributed by atoms with Gasteiger partial charge in [-0.3, -0.25) is 9.79 Å². The minimum absolute atomic E-state index is 0.118. The number of rotatable bonds is 2. The van der Waals surface area contributed by atoms with Crippen molar-refractivity contribution in [2.24, 2.45) is 4.99 Å². The number of pyridine rings is 1. The summed E-state index contributed by atoms with van der Waals surface area (Å²) < 4.78 is 0. The molecule has 0 amide bonds. The van der Waals surface area contributed by atoms with Crippen molar-refractivity contribution in [3.05, 3.63) is 76.2 Å². The zero-order chi connectivity index (χ0) is 15.8. The summed E-state index contributed by atoms with van der Waals surface area (Å²) in [5, 5.41) is 1.91. The number of aromatic amines is 2. The minimum atomic E-state index is -0.118. The molecule has 0 saturated carbocycles. The van der Waals surface area contributed by atoms with Crippen molar-refractivity contribution in [1.29, 1.82) is 0 Å². The molecule has 2 aromatic heterocycles. The van der Waals surface area contributed by atoms with Gasteiger partial charge in [0.15, 0.2) is 0 Å². The van der Waals surface area contributed by atoms with Crippen LogP contribution in [0.3, 0.4) is 0 Å². The van der Waals surface area contributed by atoms with E-state index in [9.17, 15) is 4.79 Å². The smallest absolute Gasteiger partial charge is 0.257 e. The number of benzene rings is 2. The molecule has 4 heteroatoms. The zero-order valence-electron chi connectivity index (χ0n) is 12.6. The topological polar surface area (TPSA) is 61.0 Å². The van der Waals surface area contributed by atoms with Crippen LogP contribution in [0, 0.1) is 6.92 Å². The van der Waals surface area contributed by atoms with Gasteiger partial charge in [0.1, 0.15) is 0 Å². The van der Waals surface area contributed by atoms with Gasteiger partial charge in [0.25, 0.3) is 5.56 Å². The first-order chi connectivity index (χ1) is 11.2. The first-order valence-corrected chi connectivity index (χ1v) is 7.45. The standard InChI is InChI=1S/C19H15N3O/c1-12-4-6-13(7-5-12)21-11-15-18-14-3-2-10-20-16(14)8-9-17(18)22-19(15)23/h2-11,20H,1H3,(H,22,23). The van der Waals surface area contributed by atoms with Gasteiger partial charge in [-0.15, -0.1) is 0 Å². The van der Waals surface area contributed by atoms with Crippen molar-refractivity contribution in [2.45, 2.75) is 6.92 Å². The quantitative estimate of drug-likeness (QED) is 0.539. The number of hydrogen-bond acceptors (Lipinski definition) is 2. The maximum Gasteiger partial charge on any atom is 0.257 e. The van der Waals surface area contributed by atoms with E-state index in [0.29, 0.717) is 5.56 Å². The van der Waals surface area contributed by atoms with E-state index >= 15 is 0 Å². The molecule has 4 rings (SSSR count). The second kappa shape index (κ2) is 5.25. The lowest BCUT2D eigenvalue weighted by molar-refractivity contribution is 1.35. The normalized spacial score (nSPS) is 11.7. The van der Waals surface area contributed by atoms with Crippen molar-refractivity contribution in [2.75, 3.05) is 0 Å². The highest BCUT2D eigenvalue weighted by Gasteiger charge is 2.10. The minimum Gasteiger partial charge on any atom is -0.361 e. The largest absolute Gasteiger partial charge is 0.361 e. The van der Waals surface area contributed by atoms with E-state index in [1.165, 1.54) is 5.56 Å². The van der Waals surface area contributed by atoms with Crippen LogP contribution >= 0.6 is 0 Å². The average Bonchev–Trinajstić information content (AvgIpc) is 2.90. The Hall–Kier alpha value is -3.14. The van der Waals surface area contributed by atoms with Crippen LogP contribution < -0.4 is 5.56 Å². The molecule has 0 aliphatic heterocycles. The fraction of sp³-hybridized carbons (Fsp3) is 0.0526. The van der Waals surface area contributed by atoms with E-state index in [4.69, 9.17) is 0 Å². The highest BCUT2D eigenvalue weighted by molar-refractivity contribution is 6.13. The van der Waals surface area contributed by atoms with Crippen molar-refractivity contribution in [3.8, 4) is 0 Å². The first kappa shape index (κ1) is 13.5. The molecule has 0 fully saturated rings. The lowest BCUT2D eigenvalue weighted by atomic mass is 10.1. The fourth-order valence-electron chi connectivity index (χ4n) is 2.79. The van der Waals surface area contributed by atoms with Crippen LogP contribution in [0.4, 0.5) is 5.69 Å². The molecule has 0 saturated heterocycles. The zero-order valence-corrected chi connectivity index (χ0v) is 12.6. The first-order valence-electron chi connectivity index (χ1n) is 7.45. The number of H-pyrrole nitrogens is 2. The number of aliphatic imine (C=N–C) groups is 1. The second-order valence-corrected chi connectivity index (χ2v) is 5.58. The van der Waals surface area contributed by atoms with Crippen molar-refractivity contribution in [1.82, 2.24) is 9.97 Å². The van der Waals surface area contributed by atoms with Gasteiger partial charge >= 0.3 is 0 Å². The Morgan fingerprint density at radius 3 is 2.61 bits per heavy atom. The summed E-state index contributed by atoms with van der Waals surface area (Å²) in [7, 11) is 0. The summed E-state index contributed by atoms with van der Waals surface area (Å²) in [5.74, 6) is 0. The highest BCUT2D eigenvalue weighted by atomic mass is 16.1. The number of fused-ring (bicyclic) bond motifs is 3. The fourth-order valence-corrected chi connectivity index (χ4v) is 2.79. The Kier molecular flexibility index (Phi) is 3.08. The molecule has 2 N–H and O–H groups in total. The third-order valence-corrected chi connectivity index (χ3v) is 3.98. The molecule has 0 aliphatic rings. The van der Waals surface area contributed by atoms with Crippen LogP contribution in [-0.4, -0.2) is 16.2 Å². The van der Waals surface area contributed by atoms with E-state index in [2.05, 4.69) is 15.0 Å². The summed E-state index contributed by atoms with van der Waals surface area (Å²) in [5.41, 5.74) is 4.30. The molecule has 2 aromatic carbocycles. The summed E-state index contributed by atoms with van der Waals surface area (Å²) in [4.78, 5) is 22.9. The maximum atomic E-state index is 12.3. The summed E-state index contributed by atoms with van der Waals surface area (Å²) in [6.45, 7) is 2.03. The van der Waals surface area contributed by atoms with E-state index < -0.39 is 0 Å². The van der Waals surface area contributed by atoms with Gasteiger partial charge in [0.05, 0.1) is 11.3 Å². The highest BCUT2D eigenvalue weighted by Crippen LogP contribution is 2.24.